The molecule has 3 aromatic carbocycles. The smallest absolute Gasteiger partial charge is 0.265 e. The Hall–Kier alpha value is -3.31. The molecule has 0 saturated heterocycles. The Kier molecular flexibility index (Phi) is 6.76. The zero-order valence-electron chi connectivity index (χ0n) is 18.3. The fourth-order valence-electron chi connectivity index (χ4n) is 3.64. The van der Waals surface area contributed by atoms with E-state index in [4.69, 9.17) is 0 Å². The number of carbonyl (C=O) groups is 2. The first kappa shape index (κ1) is 21.9. The number of aryl methyl sites for hydroxylation is 1. The van der Waals surface area contributed by atoms with Crippen LogP contribution >= 0.6 is 11.8 Å². The van der Waals surface area contributed by atoms with E-state index in [1.165, 1.54) is 11.8 Å². The molecular formula is C27H26N2O2S. The third kappa shape index (κ3) is 4.94. The molecule has 1 N–H and O–H groups in total. The van der Waals surface area contributed by atoms with Crippen molar-refractivity contribution in [2.24, 2.45) is 0 Å². The highest BCUT2D eigenvalue weighted by Crippen LogP contribution is 2.43. The lowest BCUT2D eigenvalue weighted by Crippen LogP contribution is -2.34. The summed E-state index contributed by atoms with van der Waals surface area (Å²) in [5, 5.41) is 2.92. The fourth-order valence-corrected chi connectivity index (χ4v) is 4.68. The first-order chi connectivity index (χ1) is 15.5. The van der Waals surface area contributed by atoms with E-state index in [0.29, 0.717) is 23.6 Å². The van der Waals surface area contributed by atoms with Crippen LogP contribution in [0.5, 0.6) is 0 Å². The van der Waals surface area contributed by atoms with Crippen molar-refractivity contribution >= 4 is 35.3 Å². The van der Waals surface area contributed by atoms with Gasteiger partial charge in [-0.2, -0.15) is 0 Å². The summed E-state index contributed by atoms with van der Waals surface area (Å²) in [6, 6.07) is 23.6. The van der Waals surface area contributed by atoms with Crippen LogP contribution in [0.4, 0.5) is 5.69 Å². The number of anilines is 1. The quantitative estimate of drug-likeness (QED) is 0.490. The minimum atomic E-state index is -0.117. The molecule has 0 spiro atoms. The maximum absolute atomic E-state index is 13.6. The highest BCUT2D eigenvalue weighted by molar-refractivity contribution is 8.04. The minimum absolute atomic E-state index is 0.0565. The summed E-state index contributed by atoms with van der Waals surface area (Å²) < 4.78 is 0. The SMILES string of the molecule is CCCNC(=O)c1ccc2c(c1)N(Cc1cccc(C)c1)C(=O)C(=Cc1ccccc1)S2. The molecule has 5 heteroatoms. The fraction of sp³-hybridized carbons (Fsp3) is 0.185. The van der Waals surface area contributed by atoms with Crippen molar-refractivity contribution in [1.29, 1.82) is 0 Å². The van der Waals surface area contributed by atoms with Gasteiger partial charge in [0.1, 0.15) is 0 Å². The van der Waals surface area contributed by atoms with Gasteiger partial charge in [-0.05, 0) is 48.7 Å². The van der Waals surface area contributed by atoms with Gasteiger partial charge >= 0.3 is 0 Å². The number of nitrogens with zero attached hydrogens (tertiary/aromatic N) is 1. The number of hydrogen-bond acceptors (Lipinski definition) is 3. The number of rotatable bonds is 6. The van der Waals surface area contributed by atoms with Crippen LogP contribution < -0.4 is 10.2 Å². The second-order valence-electron chi connectivity index (χ2n) is 7.84. The van der Waals surface area contributed by atoms with Gasteiger partial charge in [0.2, 0.25) is 0 Å². The van der Waals surface area contributed by atoms with E-state index in [9.17, 15) is 9.59 Å². The van der Waals surface area contributed by atoms with E-state index in [1.807, 2.05) is 86.7 Å². The summed E-state index contributed by atoms with van der Waals surface area (Å²) in [6.45, 7) is 5.13. The van der Waals surface area contributed by atoms with Gasteiger partial charge in [-0.1, -0.05) is 78.8 Å². The van der Waals surface area contributed by atoms with Crippen LogP contribution in [0, 0.1) is 6.92 Å². The Balaban J connectivity index is 1.74. The average Bonchev–Trinajstić information content (AvgIpc) is 2.80. The van der Waals surface area contributed by atoms with Gasteiger partial charge in [-0.25, -0.2) is 0 Å². The van der Waals surface area contributed by atoms with E-state index >= 15 is 0 Å². The summed E-state index contributed by atoms with van der Waals surface area (Å²) in [4.78, 5) is 29.5. The van der Waals surface area contributed by atoms with Crippen molar-refractivity contribution < 1.29 is 9.59 Å². The highest BCUT2D eigenvalue weighted by atomic mass is 32.2. The average molecular weight is 443 g/mol. The van der Waals surface area contributed by atoms with E-state index in [0.717, 1.165) is 33.7 Å². The zero-order chi connectivity index (χ0) is 22.5. The number of nitrogens with one attached hydrogen (secondary N) is 1. The molecule has 32 heavy (non-hydrogen) atoms. The number of carbonyl (C=O) groups excluding carboxylic acids is 2. The Labute approximate surface area is 193 Å². The second kappa shape index (κ2) is 9.88. The standard InChI is InChI=1S/C27H26N2O2S/c1-3-14-28-26(30)22-12-13-24-23(17-22)29(18-21-11-7-8-19(2)15-21)27(31)25(32-24)16-20-9-5-4-6-10-20/h4-13,15-17H,3,14,18H2,1-2H3,(H,28,30). The van der Waals surface area contributed by atoms with Gasteiger partial charge in [0, 0.05) is 17.0 Å². The molecule has 0 unspecified atom stereocenters. The van der Waals surface area contributed by atoms with Crippen molar-refractivity contribution in [2.45, 2.75) is 31.7 Å². The summed E-state index contributed by atoms with van der Waals surface area (Å²) >= 11 is 1.45. The summed E-state index contributed by atoms with van der Waals surface area (Å²) in [7, 11) is 0. The van der Waals surface area contributed by atoms with Crippen LogP contribution in [0.15, 0.2) is 82.6 Å². The Morgan fingerprint density at radius 1 is 1.03 bits per heavy atom. The van der Waals surface area contributed by atoms with Crippen molar-refractivity contribution in [3.63, 3.8) is 0 Å². The number of amides is 2. The lowest BCUT2D eigenvalue weighted by Gasteiger charge is -2.31. The van der Waals surface area contributed by atoms with E-state index in [-0.39, 0.29) is 11.8 Å². The molecule has 3 aromatic rings. The molecule has 0 aromatic heterocycles. The monoisotopic (exact) mass is 442 g/mol. The number of thioether (sulfide) groups is 1. The number of fused-ring (bicyclic) bond motifs is 1. The molecule has 2 amide bonds. The number of benzene rings is 3. The molecule has 0 aliphatic carbocycles. The molecule has 1 aliphatic heterocycles. The Bertz CT molecular complexity index is 1170. The number of hydrogen-bond donors (Lipinski definition) is 1. The van der Waals surface area contributed by atoms with E-state index in [1.54, 1.807) is 4.90 Å². The minimum Gasteiger partial charge on any atom is -0.352 e. The normalized spacial score (nSPS) is 14.4. The predicted molar refractivity (Wildman–Crippen MR) is 132 cm³/mol. The molecule has 4 nitrogen and oxygen atoms in total. The topological polar surface area (TPSA) is 49.4 Å². The van der Waals surface area contributed by atoms with Crippen LogP contribution in [0.2, 0.25) is 0 Å². The molecule has 1 aliphatic rings. The van der Waals surface area contributed by atoms with E-state index in [2.05, 4.69) is 11.4 Å². The highest BCUT2D eigenvalue weighted by Gasteiger charge is 2.30. The van der Waals surface area contributed by atoms with Crippen LogP contribution in [0.25, 0.3) is 6.08 Å². The molecule has 1 heterocycles. The van der Waals surface area contributed by atoms with Gasteiger partial charge in [-0.3, -0.25) is 9.59 Å². The van der Waals surface area contributed by atoms with Gasteiger partial charge < -0.3 is 10.2 Å². The van der Waals surface area contributed by atoms with Crippen molar-refractivity contribution in [3.05, 3.63) is 100.0 Å². The van der Waals surface area contributed by atoms with Crippen LogP contribution in [0.1, 0.15) is 40.4 Å². The Morgan fingerprint density at radius 2 is 1.84 bits per heavy atom. The molecule has 0 radical (unpaired) electrons. The molecule has 0 saturated carbocycles. The predicted octanol–water partition coefficient (Wildman–Crippen LogP) is 5.81. The summed E-state index contributed by atoms with van der Waals surface area (Å²) in [5.74, 6) is -0.174. The van der Waals surface area contributed by atoms with Crippen molar-refractivity contribution in [1.82, 2.24) is 5.32 Å². The molecular weight excluding hydrogens is 416 g/mol. The zero-order valence-corrected chi connectivity index (χ0v) is 19.1. The first-order valence-corrected chi connectivity index (χ1v) is 11.6. The van der Waals surface area contributed by atoms with Gasteiger partial charge in [0.25, 0.3) is 11.8 Å². The van der Waals surface area contributed by atoms with Crippen molar-refractivity contribution in [3.8, 4) is 0 Å². The van der Waals surface area contributed by atoms with Crippen LogP contribution in [-0.2, 0) is 11.3 Å². The molecule has 0 bridgehead atoms. The Morgan fingerprint density at radius 3 is 2.59 bits per heavy atom. The maximum Gasteiger partial charge on any atom is 0.265 e. The van der Waals surface area contributed by atoms with Crippen LogP contribution in [0.3, 0.4) is 0 Å². The molecule has 162 valence electrons. The third-order valence-electron chi connectivity index (χ3n) is 5.24. The maximum atomic E-state index is 13.6. The van der Waals surface area contributed by atoms with Crippen LogP contribution in [-0.4, -0.2) is 18.4 Å². The second-order valence-corrected chi connectivity index (χ2v) is 8.92. The lowest BCUT2D eigenvalue weighted by atomic mass is 10.1. The van der Waals surface area contributed by atoms with Crippen molar-refractivity contribution in [2.75, 3.05) is 11.4 Å². The first-order valence-electron chi connectivity index (χ1n) is 10.8. The molecule has 0 fully saturated rings. The van der Waals surface area contributed by atoms with Gasteiger partial charge in [-0.15, -0.1) is 0 Å². The van der Waals surface area contributed by atoms with Gasteiger partial charge in [0.05, 0.1) is 17.1 Å². The summed E-state index contributed by atoms with van der Waals surface area (Å²) in [6.07, 6.45) is 2.80. The lowest BCUT2D eigenvalue weighted by molar-refractivity contribution is -0.114. The third-order valence-corrected chi connectivity index (χ3v) is 6.32. The molecule has 0 atom stereocenters. The van der Waals surface area contributed by atoms with Gasteiger partial charge in [0.15, 0.2) is 0 Å². The molecule has 4 rings (SSSR count). The largest absolute Gasteiger partial charge is 0.352 e. The summed E-state index contributed by atoms with van der Waals surface area (Å²) in [5.41, 5.74) is 4.52. The van der Waals surface area contributed by atoms with E-state index < -0.39 is 0 Å².